The first-order valence-corrected chi connectivity index (χ1v) is 9.49. The molecule has 1 aromatic heterocycles. The Morgan fingerprint density at radius 3 is 2.86 bits per heavy atom. The summed E-state index contributed by atoms with van der Waals surface area (Å²) in [6.07, 6.45) is 8.02. The maximum Gasteiger partial charge on any atom is 0.293 e. The molecule has 1 aromatic rings. The number of thioether (sulfide) groups is 1. The van der Waals surface area contributed by atoms with Gasteiger partial charge in [-0.15, -0.1) is 0 Å². The molecular formula is C18H26N8OS. The fourth-order valence-corrected chi connectivity index (χ4v) is 3.56. The van der Waals surface area contributed by atoms with Gasteiger partial charge in [-0.05, 0) is 12.6 Å². The molecule has 0 aliphatic carbocycles. The van der Waals surface area contributed by atoms with Crippen LogP contribution in [0.1, 0.15) is 18.4 Å². The second-order valence-electron chi connectivity index (χ2n) is 6.02. The van der Waals surface area contributed by atoms with Gasteiger partial charge >= 0.3 is 0 Å². The second kappa shape index (κ2) is 9.90. The van der Waals surface area contributed by atoms with Gasteiger partial charge in [0.25, 0.3) is 5.56 Å². The number of fused-ring (bicyclic) bond motifs is 1. The third kappa shape index (κ3) is 4.90. The van der Waals surface area contributed by atoms with Crippen molar-refractivity contribution in [1.82, 2.24) is 9.78 Å². The molecule has 2 rings (SSSR count). The summed E-state index contributed by atoms with van der Waals surface area (Å²) in [4.78, 5) is 17.7. The lowest BCUT2D eigenvalue weighted by Gasteiger charge is -2.16. The maximum absolute atomic E-state index is 13.1. The average molecular weight is 403 g/mol. The maximum atomic E-state index is 13.1. The Balaban J connectivity index is 2.42. The van der Waals surface area contributed by atoms with Crippen LogP contribution in [0, 0.1) is 0 Å². The molecule has 9 nitrogen and oxygen atoms in total. The number of aromatic nitrogens is 2. The van der Waals surface area contributed by atoms with Crippen LogP contribution in [-0.4, -0.2) is 41.7 Å². The summed E-state index contributed by atoms with van der Waals surface area (Å²) in [5.74, 6) is 0. The van der Waals surface area contributed by atoms with Crippen molar-refractivity contribution < 1.29 is 0 Å². The number of aliphatic imine (C=N–C) groups is 1. The number of nitrogens with two attached hydrogens (primary N) is 3. The van der Waals surface area contributed by atoms with Crippen LogP contribution in [0.4, 0.5) is 5.69 Å². The van der Waals surface area contributed by atoms with Gasteiger partial charge in [-0.25, -0.2) is 4.68 Å². The van der Waals surface area contributed by atoms with E-state index in [1.807, 2.05) is 6.08 Å². The molecule has 1 aliphatic rings. The molecule has 2 heterocycles. The number of hydrogen-bond donors (Lipinski definition) is 3. The van der Waals surface area contributed by atoms with E-state index in [9.17, 15) is 4.79 Å². The summed E-state index contributed by atoms with van der Waals surface area (Å²) in [7, 11) is 3.36. The zero-order valence-electron chi connectivity index (χ0n) is 16.1. The molecule has 1 aliphatic heterocycles. The number of allylic oxidation sites excluding steroid dienone is 2. The lowest BCUT2D eigenvalue weighted by molar-refractivity contribution is 0.622. The molecular weight excluding hydrogens is 376 g/mol. The number of hydrazone groups is 1. The molecule has 0 radical (unpaired) electrons. The van der Waals surface area contributed by atoms with Crippen molar-refractivity contribution >= 4 is 33.6 Å². The van der Waals surface area contributed by atoms with E-state index in [0.717, 1.165) is 16.4 Å². The van der Waals surface area contributed by atoms with Crippen molar-refractivity contribution in [1.29, 1.82) is 0 Å². The molecule has 0 saturated carbocycles. The van der Waals surface area contributed by atoms with Crippen molar-refractivity contribution in [3.05, 3.63) is 52.2 Å². The minimum Gasteiger partial charge on any atom is -0.405 e. The van der Waals surface area contributed by atoms with E-state index in [1.165, 1.54) is 22.6 Å². The minimum atomic E-state index is -0.304. The van der Waals surface area contributed by atoms with Gasteiger partial charge in [0, 0.05) is 55.0 Å². The first-order valence-electron chi connectivity index (χ1n) is 8.67. The van der Waals surface area contributed by atoms with Gasteiger partial charge in [0.2, 0.25) is 0 Å². The van der Waals surface area contributed by atoms with Crippen LogP contribution in [0.15, 0.2) is 51.2 Å². The molecule has 0 fully saturated rings. The van der Waals surface area contributed by atoms with E-state index in [1.54, 1.807) is 31.5 Å². The Hall–Kier alpha value is -2.85. The zero-order chi connectivity index (χ0) is 20.7. The number of nitrogens with zero attached hydrogens (tertiary/aromatic N) is 5. The fraction of sp³-hybridized carbons (Fsp3) is 0.333. The summed E-state index contributed by atoms with van der Waals surface area (Å²) >= 11 is 1.43. The van der Waals surface area contributed by atoms with Crippen LogP contribution < -0.4 is 27.8 Å². The molecule has 0 amide bonds. The smallest absolute Gasteiger partial charge is 0.293 e. The lowest BCUT2D eigenvalue weighted by atomic mass is 10.2. The van der Waals surface area contributed by atoms with E-state index in [4.69, 9.17) is 17.2 Å². The van der Waals surface area contributed by atoms with E-state index < -0.39 is 0 Å². The van der Waals surface area contributed by atoms with E-state index in [0.29, 0.717) is 28.9 Å². The third-order valence-corrected chi connectivity index (χ3v) is 5.03. The van der Waals surface area contributed by atoms with Crippen LogP contribution in [0.25, 0.3) is 4.91 Å². The highest BCUT2D eigenvalue weighted by Crippen LogP contribution is 2.35. The summed E-state index contributed by atoms with van der Waals surface area (Å²) in [6.45, 7) is 4.41. The number of anilines is 1. The zero-order valence-corrected chi connectivity index (χ0v) is 16.9. The fourth-order valence-electron chi connectivity index (χ4n) is 2.63. The molecule has 0 saturated heterocycles. The third-order valence-electron chi connectivity index (χ3n) is 4.04. The van der Waals surface area contributed by atoms with Gasteiger partial charge in [0.05, 0.1) is 17.8 Å². The van der Waals surface area contributed by atoms with Crippen LogP contribution in [0.2, 0.25) is 0 Å². The Bertz CT molecular complexity index is 913. The summed E-state index contributed by atoms with van der Waals surface area (Å²) in [5, 5.41) is 11.2. The number of hydrogen-bond acceptors (Lipinski definition) is 9. The molecule has 10 heteroatoms. The molecule has 150 valence electrons. The van der Waals surface area contributed by atoms with Gasteiger partial charge < -0.3 is 17.2 Å². The monoisotopic (exact) mass is 402 g/mol. The molecule has 6 N–H and O–H groups in total. The summed E-state index contributed by atoms with van der Waals surface area (Å²) < 4.78 is 1.29. The van der Waals surface area contributed by atoms with E-state index in [-0.39, 0.29) is 18.6 Å². The SMILES string of the molecule is C=C1SC(CC/C=C\N)=NN(C)c2c1cnn(CC(N)=C(C=NC)CN)c2=O. The van der Waals surface area contributed by atoms with Gasteiger partial charge in [-0.1, -0.05) is 24.4 Å². The molecule has 28 heavy (non-hydrogen) atoms. The van der Waals surface area contributed by atoms with Crippen LogP contribution in [0.5, 0.6) is 0 Å². The minimum absolute atomic E-state index is 0.107. The van der Waals surface area contributed by atoms with Gasteiger partial charge in [-0.2, -0.15) is 10.2 Å². The first kappa shape index (κ1) is 21.5. The highest BCUT2D eigenvalue weighted by atomic mass is 32.2. The molecule has 0 unspecified atom stereocenters. The first-order chi connectivity index (χ1) is 13.4. The Labute approximate surface area is 168 Å². The van der Waals surface area contributed by atoms with Crippen LogP contribution in [-0.2, 0) is 6.54 Å². The van der Waals surface area contributed by atoms with E-state index in [2.05, 4.69) is 21.8 Å². The Kier molecular flexibility index (Phi) is 7.59. The Morgan fingerprint density at radius 1 is 1.46 bits per heavy atom. The topological polar surface area (TPSA) is 141 Å². The normalized spacial score (nSPS) is 15.6. The largest absolute Gasteiger partial charge is 0.405 e. The highest BCUT2D eigenvalue weighted by molar-refractivity contribution is 8.21. The molecule has 0 aromatic carbocycles. The van der Waals surface area contributed by atoms with Gasteiger partial charge in [0.1, 0.15) is 5.69 Å². The quantitative estimate of drug-likeness (QED) is 0.574. The van der Waals surface area contributed by atoms with Crippen molar-refractivity contribution in [3.63, 3.8) is 0 Å². The summed E-state index contributed by atoms with van der Waals surface area (Å²) in [5.41, 5.74) is 19.0. The average Bonchev–Trinajstić information content (AvgIpc) is 2.78. The second-order valence-corrected chi connectivity index (χ2v) is 7.19. The van der Waals surface area contributed by atoms with Gasteiger partial charge in [-0.3, -0.25) is 14.8 Å². The van der Waals surface area contributed by atoms with Gasteiger partial charge in [0.15, 0.2) is 0 Å². The van der Waals surface area contributed by atoms with Crippen LogP contribution >= 0.6 is 11.8 Å². The lowest BCUT2D eigenvalue weighted by Crippen LogP contribution is -2.32. The molecule has 0 bridgehead atoms. The Morgan fingerprint density at radius 2 is 2.21 bits per heavy atom. The van der Waals surface area contributed by atoms with Crippen molar-refractivity contribution in [3.8, 4) is 0 Å². The predicted molar refractivity (Wildman–Crippen MR) is 118 cm³/mol. The molecule has 0 spiro atoms. The van der Waals surface area contributed by atoms with Crippen molar-refractivity contribution in [2.24, 2.45) is 27.3 Å². The molecule has 0 atom stereocenters. The predicted octanol–water partition coefficient (Wildman–Crippen LogP) is 0.835. The van der Waals surface area contributed by atoms with Crippen molar-refractivity contribution in [2.75, 3.05) is 25.6 Å². The highest BCUT2D eigenvalue weighted by Gasteiger charge is 2.23. The van der Waals surface area contributed by atoms with Crippen molar-refractivity contribution in [2.45, 2.75) is 19.4 Å². The number of rotatable bonds is 7. The van der Waals surface area contributed by atoms with E-state index >= 15 is 0 Å². The summed E-state index contributed by atoms with van der Waals surface area (Å²) in [6, 6.07) is 0. The van der Waals surface area contributed by atoms with Crippen LogP contribution in [0.3, 0.4) is 0 Å². The standard InChI is InChI=1S/C18H26N8OS/c1-12-14-10-23-26(11-15(21)13(8-20)9-22-2)18(27)17(14)25(3)24-16(28-12)6-4-5-7-19/h5,7,9-10H,1,4,6,8,11,19-21H2,2-3H3/b7-5-,15-13?,22-9?.